The Bertz CT molecular complexity index is 230. The van der Waals surface area contributed by atoms with Crippen molar-refractivity contribution in [2.45, 2.75) is 37.4 Å². The van der Waals surface area contributed by atoms with Crippen LogP contribution in [0.25, 0.3) is 0 Å². The van der Waals surface area contributed by atoms with E-state index in [-0.39, 0.29) is 18.2 Å². The van der Waals surface area contributed by atoms with Gasteiger partial charge in [-0.15, -0.1) is 0 Å². The minimum Gasteiger partial charge on any atom is -0.351 e. The van der Waals surface area contributed by atoms with Crippen molar-refractivity contribution >= 4 is 29.1 Å². The summed E-state index contributed by atoms with van der Waals surface area (Å²) in [6.07, 6.45) is 0.520. The maximum atomic E-state index is 11.7. The minimum atomic E-state index is -1.04. The predicted molar refractivity (Wildman–Crippen MR) is 62.7 cm³/mol. The van der Waals surface area contributed by atoms with Crippen molar-refractivity contribution in [2.24, 2.45) is 0 Å². The number of amides is 1. The lowest BCUT2D eigenvalue weighted by Crippen LogP contribution is -2.46. The SMILES string of the molecule is CC(C)N(CC1OCCCO1)C(=O)C(Cl)Cl. The summed E-state index contributed by atoms with van der Waals surface area (Å²) in [5.74, 6) is -0.309. The number of hydrogen-bond acceptors (Lipinski definition) is 3. The molecule has 4 nitrogen and oxygen atoms in total. The fourth-order valence-electron chi connectivity index (χ4n) is 1.48. The summed E-state index contributed by atoms with van der Waals surface area (Å²) in [7, 11) is 0. The molecule has 0 saturated carbocycles. The van der Waals surface area contributed by atoms with Gasteiger partial charge in [-0.2, -0.15) is 0 Å². The zero-order chi connectivity index (χ0) is 12.1. The van der Waals surface area contributed by atoms with Gasteiger partial charge in [-0.25, -0.2) is 0 Å². The lowest BCUT2D eigenvalue weighted by atomic mass is 10.3. The van der Waals surface area contributed by atoms with Crippen molar-refractivity contribution in [1.29, 1.82) is 0 Å². The molecule has 0 spiro atoms. The Balaban J connectivity index is 2.53. The topological polar surface area (TPSA) is 38.8 Å². The average Bonchev–Trinajstić information content (AvgIpc) is 2.26. The van der Waals surface area contributed by atoms with Crippen molar-refractivity contribution < 1.29 is 14.3 Å². The largest absolute Gasteiger partial charge is 0.351 e. The monoisotopic (exact) mass is 269 g/mol. The van der Waals surface area contributed by atoms with Gasteiger partial charge in [0, 0.05) is 6.04 Å². The Kier molecular flexibility index (Phi) is 5.83. The molecule has 0 aromatic carbocycles. The van der Waals surface area contributed by atoms with E-state index in [2.05, 4.69) is 0 Å². The van der Waals surface area contributed by atoms with Crippen LogP contribution in [0.3, 0.4) is 0 Å². The predicted octanol–water partition coefficient (Wildman–Crippen LogP) is 1.79. The number of nitrogens with zero attached hydrogens (tertiary/aromatic N) is 1. The van der Waals surface area contributed by atoms with Gasteiger partial charge in [-0.05, 0) is 20.3 Å². The highest BCUT2D eigenvalue weighted by Crippen LogP contribution is 2.14. The average molecular weight is 270 g/mol. The van der Waals surface area contributed by atoms with Gasteiger partial charge in [0.25, 0.3) is 5.91 Å². The second-order valence-electron chi connectivity index (χ2n) is 3.91. The molecule has 1 amide bonds. The van der Waals surface area contributed by atoms with Gasteiger partial charge < -0.3 is 14.4 Å². The normalized spacial score (nSPS) is 18.1. The third-order valence-electron chi connectivity index (χ3n) is 2.34. The molecule has 1 fully saturated rings. The van der Waals surface area contributed by atoms with Crippen LogP contribution in [0.5, 0.6) is 0 Å². The van der Waals surface area contributed by atoms with Crippen LogP contribution in [-0.2, 0) is 14.3 Å². The van der Waals surface area contributed by atoms with Gasteiger partial charge in [-0.1, -0.05) is 23.2 Å². The molecule has 94 valence electrons. The molecule has 0 N–H and O–H groups in total. The molecule has 1 saturated heterocycles. The Morgan fingerprint density at radius 3 is 2.38 bits per heavy atom. The molecule has 1 aliphatic heterocycles. The molecule has 0 bridgehead atoms. The number of hydrogen-bond donors (Lipinski definition) is 0. The molecular formula is C10H17Cl2NO3. The maximum Gasteiger partial charge on any atom is 0.256 e. The van der Waals surface area contributed by atoms with Crippen LogP contribution in [0.15, 0.2) is 0 Å². The standard InChI is InChI=1S/C10H17Cl2NO3/c1-7(2)13(10(14)9(11)12)6-8-15-4-3-5-16-8/h7-9H,3-6H2,1-2H3. The third kappa shape index (κ3) is 4.09. The molecular weight excluding hydrogens is 253 g/mol. The van der Waals surface area contributed by atoms with Gasteiger partial charge in [0.15, 0.2) is 11.1 Å². The quantitative estimate of drug-likeness (QED) is 0.731. The summed E-state index contributed by atoms with van der Waals surface area (Å²) in [4.78, 5) is 12.2. The molecule has 0 unspecified atom stereocenters. The van der Waals surface area contributed by atoms with Crippen LogP contribution >= 0.6 is 23.2 Å². The fourth-order valence-corrected chi connectivity index (χ4v) is 1.73. The summed E-state index contributed by atoms with van der Waals surface area (Å²) >= 11 is 11.2. The third-order valence-corrected chi connectivity index (χ3v) is 2.71. The highest BCUT2D eigenvalue weighted by atomic mass is 35.5. The zero-order valence-electron chi connectivity index (χ0n) is 9.49. The van der Waals surface area contributed by atoms with Crippen LogP contribution in [-0.4, -0.2) is 47.7 Å². The van der Waals surface area contributed by atoms with Crippen molar-refractivity contribution in [3.05, 3.63) is 0 Å². The Morgan fingerprint density at radius 1 is 1.38 bits per heavy atom. The van der Waals surface area contributed by atoms with E-state index < -0.39 is 4.84 Å². The van der Waals surface area contributed by atoms with Crippen molar-refractivity contribution in [2.75, 3.05) is 19.8 Å². The second-order valence-corrected chi connectivity index (χ2v) is 5.01. The molecule has 1 heterocycles. The summed E-state index contributed by atoms with van der Waals surface area (Å²) in [5.41, 5.74) is 0. The number of carbonyl (C=O) groups is 1. The lowest BCUT2D eigenvalue weighted by Gasteiger charge is -2.32. The van der Waals surface area contributed by atoms with E-state index in [4.69, 9.17) is 32.7 Å². The van der Waals surface area contributed by atoms with Crippen LogP contribution in [0.1, 0.15) is 20.3 Å². The first-order valence-corrected chi connectivity index (χ1v) is 6.21. The maximum absolute atomic E-state index is 11.7. The summed E-state index contributed by atoms with van der Waals surface area (Å²) in [6, 6.07) is 0.0154. The molecule has 6 heteroatoms. The molecule has 0 aliphatic carbocycles. The van der Waals surface area contributed by atoms with Gasteiger partial charge in [0.05, 0.1) is 19.8 Å². The van der Waals surface area contributed by atoms with Crippen molar-refractivity contribution in [1.82, 2.24) is 4.90 Å². The minimum absolute atomic E-state index is 0.0154. The summed E-state index contributed by atoms with van der Waals surface area (Å²) in [6.45, 7) is 5.49. The number of ether oxygens (including phenoxy) is 2. The molecule has 0 aromatic rings. The van der Waals surface area contributed by atoms with Crippen LogP contribution in [0.2, 0.25) is 0 Å². The highest BCUT2D eigenvalue weighted by molar-refractivity contribution is 6.53. The number of halogens is 2. The van der Waals surface area contributed by atoms with Gasteiger partial charge in [0.2, 0.25) is 0 Å². The number of alkyl halides is 2. The summed E-state index contributed by atoms with van der Waals surface area (Å²) < 4.78 is 10.8. The lowest BCUT2D eigenvalue weighted by molar-refractivity contribution is -0.190. The van der Waals surface area contributed by atoms with Crippen LogP contribution in [0.4, 0.5) is 0 Å². The van der Waals surface area contributed by atoms with Gasteiger partial charge in [0.1, 0.15) is 0 Å². The van der Waals surface area contributed by atoms with E-state index in [1.165, 1.54) is 0 Å². The van der Waals surface area contributed by atoms with Crippen molar-refractivity contribution in [3.8, 4) is 0 Å². The van der Waals surface area contributed by atoms with Crippen LogP contribution < -0.4 is 0 Å². The number of rotatable bonds is 4. The molecule has 0 aromatic heterocycles. The van der Waals surface area contributed by atoms with Gasteiger partial charge >= 0.3 is 0 Å². The highest BCUT2D eigenvalue weighted by Gasteiger charge is 2.27. The Hall–Kier alpha value is -0.0300. The van der Waals surface area contributed by atoms with E-state index >= 15 is 0 Å². The number of carbonyl (C=O) groups excluding carboxylic acids is 1. The summed E-state index contributed by atoms with van der Waals surface area (Å²) in [5, 5.41) is 0. The zero-order valence-corrected chi connectivity index (χ0v) is 11.0. The molecule has 1 aliphatic rings. The molecule has 1 rings (SSSR count). The van der Waals surface area contributed by atoms with Gasteiger partial charge in [-0.3, -0.25) is 4.79 Å². The van der Waals surface area contributed by atoms with E-state index in [0.29, 0.717) is 19.8 Å². The van der Waals surface area contributed by atoms with E-state index in [0.717, 1.165) is 6.42 Å². The molecule has 0 atom stereocenters. The first-order chi connectivity index (χ1) is 7.52. The molecule has 16 heavy (non-hydrogen) atoms. The first kappa shape index (κ1) is 14.0. The Morgan fingerprint density at radius 2 is 1.94 bits per heavy atom. The second kappa shape index (κ2) is 6.64. The first-order valence-electron chi connectivity index (χ1n) is 5.34. The Labute approximate surface area is 106 Å². The van der Waals surface area contributed by atoms with Crippen molar-refractivity contribution in [3.63, 3.8) is 0 Å². The fraction of sp³-hybridized carbons (Fsp3) is 0.900. The van der Waals surface area contributed by atoms with E-state index in [1.807, 2.05) is 13.8 Å². The van der Waals surface area contributed by atoms with E-state index in [9.17, 15) is 4.79 Å². The van der Waals surface area contributed by atoms with E-state index in [1.54, 1.807) is 4.90 Å². The van der Waals surface area contributed by atoms with Crippen LogP contribution in [0, 0.1) is 0 Å². The molecule has 0 radical (unpaired) electrons. The smallest absolute Gasteiger partial charge is 0.256 e.